The fourth-order valence-electron chi connectivity index (χ4n) is 3.60. The molecule has 0 N–H and O–H groups in total. The molecule has 0 aliphatic rings. The number of Topliss-reactive ketones (excluding diaryl/α,β-unsaturated/α-hetero) is 1. The molecule has 0 bridgehead atoms. The quantitative estimate of drug-likeness (QED) is 0.191. The van der Waals surface area contributed by atoms with E-state index >= 15 is 0 Å². The van der Waals surface area contributed by atoms with E-state index in [2.05, 4.69) is 4.57 Å². The SMILES string of the molecule is CCOC(=O)c1ccc2c(c1)nc(SC(C(=O)c1ccccc1)c1ccccc1)n2CC. The first-order chi connectivity index (χ1) is 15.6. The highest BCUT2D eigenvalue weighted by molar-refractivity contribution is 8.00. The lowest BCUT2D eigenvalue weighted by Gasteiger charge is -2.16. The van der Waals surface area contributed by atoms with Crippen LogP contribution in [0.4, 0.5) is 0 Å². The molecular formula is C26H24N2O3S. The van der Waals surface area contributed by atoms with E-state index in [-0.39, 0.29) is 11.8 Å². The van der Waals surface area contributed by atoms with Crippen molar-refractivity contribution in [1.29, 1.82) is 0 Å². The number of ketones is 1. The molecule has 162 valence electrons. The number of fused-ring (bicyclic) bond motifs is 1. The number of imidazole rings is 1. The van der Waals surface area contributed by atoms with E-state index in [0.29, 0.717) is 29.8 Å². The molecule has 0 saturated carbocycles. The van der Waals surface area contributed by atoms with E-state index in [9.17, 15) is 9.59 Å². The van der Waals surface area contributed by atoms with Crippen LogP contribution in [0.25, 0.3) is 11.0 Å². The van der Waals surface area contributed by atoms with Crippen molar-refractivity contribution >= 4 is 34.5 Å². The number of hydrogen-bond donors (Lipinski definition) is 0. The zero-order valence-corrected chi connectivity index (χ0v) is 18.8. The van der Waals surface area contributed by atoms with Crippen molar-refractivity contribution in [3.05, 3.63) is 95.6 Å². The molecule has 0 amide bonds. The predicted octanol–water partition coefficient (Wildman–Crippen LogP) is 5.95. The maximum Gasteiger partial charge on any atom is 0.338 e. The van der Waals surface area contributed by atoms with Crippen LogP contribution >= 0.6 is 11.8 Å². The Morgan fingerprint density at radius 3 is 2.28 bits per heavy atom. The normalized spacial score (nSPS) is 11.9. The summed E-state index contributed by atoms with van der Waals surface area (Å²) in [6.45, 7) is 4.84. The lowest BCUT2D eigenvalue weighted by Crippen LogP contribution is -2.11. The molecule has 32 heavy (non-hydrogen) atoms. The van der Waals surface area contributed by atoms with Crippen molar-refractivity contribution in [2.45, 2.75) is 30.8 Å². The minimum atomic E-state index is -0.440. The molecule has 4 aromatic rings. The minimum absolute atomic E-state index is 0.0312. The van der Waals surface area contributed by atoms with E-state index in [1.54, 1.807) is 19.1 Å². The van der Waals surface area contributed by atoms with E-state index < -0.39 is 5.25 Å². The molecule has 1 heterocycles. The van der Waals surface area contributed by atoms with Crippen molar-refractivity contribution in [2.75, 3.05) is 6.61 Å². The summed E-state index contributed by atoms with van der Waals surface area (Å²) in [5.41, 5.74) is 3.68. The smallest absolute Gasteiger partial charge is 0.338 e. The molecule has 0 fully saturated rings. The highest BCUT2D eigenvalue weighted by Crippen LogP contribution is 2.38. The third-order valence-corrected chi connectivity index (χ3v) is 6.41. The van der Waals surface area contributed by atoms with Crippen LogP contribution in [-0.2, 0) is 11.3 Å². The molecule has 1 aromatic heterocycles. The summed E-state index contributed by atoms with van der Waals surface area (Å²) in [7, 11) is 0. The fourth-order valence-corrected chi connectivity index (χ4v) is 4.86. The van der Waals surface area contributed by atoms with Gasteiger partial charge in [-0.25, -0.2) is 9.78 Å². The highest BCUT2D eigenvalue weighted by atomic mass is 32.2. The summed E-state index contributed by atoms with van der Waals surface area (Å²) in [6.07, 6.45) is 0. The van der Waals surface area contributed by atoms with Crippen LogP contribution in [0.1, 0.15) is 45.4 Å². The van der Waals surface area contributed by atoms with Crippen LogP contribution in [0.3, 0.4) is 0 Å². The Morgan fingerprint density at radius 1 is 0.938 bits per heavy atom. The van der Waals surface area contributed by atoms with E-state index in [1.807, 2.05) is 73.7 Å². The molecule has 4 rings (SSSR count). The number of carbonyl (C=O) groups is 2. The molecular weight excluding hydrogens is 420 g/mol. The van der Waals surface area contributed by atoms with Gasteiger partial charge in [0.05, 0.1) is 23.2 Å². The van der Waals surface area contributed by atoms with Crippen molar-refractivity contribution in [2.24, 2.45) is 0 Å². The molecule has 0 saturated heterocycles. The van der Waals surface area contributed by atoms with Crippen molar-refractivity contribution in [3.8, 4) is 0 Å². The average Bonchev–Trinajstić information content (AvgIpc) is 3.19. The van der Waals surface area contributed by atoms with Gasteiger partial charge in [-0.1, -0.05) is 72.4 Å². The Labute approximate surface area is 191 Å². The second-order valence-corrected chi connectivity index (χ2v) is 8.27. The fraction of sp³-hybridized carbons (Fsp3) is 0.192. The molecule has 1 unspecified atom stereocenters. The van der Waals surface area contributed by atoms with Gasteiger partial charge in [0.2, 0.25) is 0 Å². The molecule has 0 radical (unpaired) electrons. The van der Waals surface area contributed by atoms with Gasteiger partial charge in [0, 0.05) is 12.1 Å². The lowest BCUT2D eigenvalue weighted by molar-refractivity contribution is 0.0526. The first-order valence-electron chi connectivity index (χ1n) is 10.6. The second-order valence-electron chi connectivity index (χ2n) is 7.20. The number of nitrogens with zero attached hydrogens (tertiary/aromatic N) is 2. The van der Waals surface area contributed by atoms with Crippen LogP contribution in [0, 0.1) is 0 Å². The van der Waals surface area contributed by atoms with Gasteiger partial charge in [0.25, 0.3) is 0 Å². The number of aryl methyl sites for hydroxylation is 1. The third kappa shape index (κ3) is 4.46. The summed E-state index contributed by atoms with van der Waals surface area (Å²) in [4.78, 5) is 30.4. The van der Waals surface area contributed by atoms with Crippen molar-refractivity contribution < 1.29 is 14.3 Å². The van der Waals surface area contributed by atoms with E-state index in [1.165, 1.54) is 11.8 Å². The summed E-state index contributed by atoms with van der Waals surface area (Å²) in [5, 5.41) is 0.298. The lowest BCUT2D eigenvalue weighted by atomic mass is 10.0. The zero-order chi connectivity index (χ0) is 22.5. The largest absolute Gasteiger partial charge is 0.462 e. The number of carbonyl (C=O) groups excluding carboxylic acids is 2. The van der Waals surface area contributed by atoms with Gasteiger partial charge in [0.15, 0.2) is 10.9 Å². The summed E-state index contributed by atoms with van der Waals surface area (Å²) < 4.78 is 7.19. The standard InChI is InChI=1S/C26H24N2O3S/c1-3-28-22-16-15-20(25(30)31-4-2)17-21(22)27-26(28)32-24(19-13-9-6-10-14-19)23(29)18-11-7-5-8-12-18/h5-17,24H,3-4H2,1-2H3. The molecule has 5 nitrogen and oxygen atoms in total. The molecule has 0 aliphatic heterocycles. The zero-order valence-electron chi connectivity index (χ0n) is 18.0. The third-order valence-electron chi connectivity index (χ3n) is 5.16. The maximum atomic E-state index is 13.5. The van der Waals surface area contributed by atoms with E-state index in [4.69, 9.17) is 9.72 Å². The molecule has 6 heteroatoms. The topological polar surface area (TPSA) is 61.2 Å². The Morgan fingerprint density at radius 2 is 1.62 bits per heavy atom. The van der Waals surface area contributed by atoms with Crippen LogP contribution in [0.2, 0.25) is 0 Å². The Balaban J connectivity index is 1.75. The number of ether oxygens (including phenoxy) is 1. The number of esters is 1. The maximum absolute atomic E-state index is 13.5. The Kier molecular flexibility index (Phi) is 6.71. The number of rotatable bonds is 8. The van der Waals surface area contributed by atoms with Crippen LogP contribution in [-0.4, -0.2) is 27.9 Å². The van der Waals surface area contributed by atoms with Gasteiger partial charge in [-0.15, -0.1) is 0 Å². The van der Waals surface area contributed by atoms with E-state index in [0.717, 1.165) is 16.2 Å². The van der Waals surface area contributed by atoms with Crippen LogP contribution in [0.15, 0.2) is 84.0 Å². The second kappa shape index (κ2) is 9.83. The van der Waals surface area contributed by atoms with Crippen LogP contribution in [0.5, 0.6) is 0 Å². The van der Waals surface area contributed by atoms with Gasteiger partial charge in [-0.05, 0) is 37.6 Å². The van der Waals surface area contributed by atoms with Gasteiger partial charge >= 0.3 is 5.97 Å². The Bertz CT molecular complexity index is 1240. The number of thioether (sulfide) groups is 1. The molecule has 0 spiro atoms. The highest BCUT2D eigenvalue weighted by Gasteiger charge is 2.26. The monoisotopic (exact) mass is 444 g/mol. The number of hydrogen-bond acceptors (Lipinski definition) is 5. The van der Waals surface area contributed by atoms with Gasteiger partial charge in [0.1, 0.15) is 5.25 Å². The van der Waals surface area contributed by atoms with Gasteiger partial charge in [-0.2, -0.15) is 0 Å². The van der Waals surface area contributed by atoms with Gasteiger partial charge in [-0.3, -0.25) is 4.79 Å². The summed E-state index contributed by atoms with van der Waals surface area (Å²) in [6, 6.07) is 24.5. The van der Waals surface area contributed by atoms with Crippen molar-refractivity contribution in [3.63, 3.8) is 0 Å². The van der Waals surface area contributed by atoms with Crippen molar-refractivity contribution in [1.82, 2.24) is 9.55 Å². The molecule has 3 aromatic carbocycles. The Hall–Kier alpha value is -3.38. The first kappa shape index (κ1) is 21.8. The van der Waals surface area contributed by atoms with Gasteiger partial charge < -0.3 is 9.30 Å². The number of aromatic nitrogens is 2. The summed E-state index contributed by atoms with van der Waals surface area (Å²) in [5.74, 6) is -0.334. The summed E-state index contributed by atoms with van der Waals surface area (Å²) >= 11 is 1.43. The number of benzene rings is 3. The predicted molar refractivity (Wildman–Crippen MR) is 127 cm³/mol. The van der Waals surface area contributed by atoms with Crippen LogP contribution < -0.4 is 0 Å². The molecule has 0 aliphatic carbocycles. The first-order valence-corrected chi connectivity index (χ1v) is 11.5. The minimum Gasteiger partial charge on any atom is -0.462 e. The average molecular weight is 445 g/mol. The molecule has 1 atom stereocenters.